The molecule has 1 saturated heterocycles. The molecule has 170 valence electrons. The largest absolute Gasteiger partial charge is 0.383 e. The highest BCUT2D eigenvalue weighted by atomic mass is 32.2. The number of fused-ring (bicyclic) bond motifs is 1. The lowest BCUT2D eigenvalue weighted by Gasteiger charge is -2.43. The molecule has 2 aliphatic rings. The van der Waals surface area contributed by atoms with Gasteiger partial charge in [-0.1, -0.05) is 24.3 Å². The van der Waals surface area contributed by atoms with Crippen molar-refractivity contribution in [1.29, 1.82) is 0 Å². The lowest BCUT2D eigenvalue weighted by Crippen LogP contribution is -2.51. The highest BCUT2D eigenvalue weighted by Gasteiger charge is 2.36. The molecular weight excluding hydrogens is 431 g/mol. The van der Waals surface area contributed by atoms with Crippen LogP contribution in [0.15, 0.2) is 36.8 Å². The molecule has 0 amide bonds. The van der Waals surface area contributed by atoms with Gasteiger partial charge in [-0.15, -0.1) is 0 Å². The Morgan fingerprint density at radius 3 is 2.69 bits per heavy atom. The molecule has 1 aromatic carbocycles. The van der Waals surface area contributed by atoms with E-state index in [1.165, 1.54) is 6.33 Å². The van der Waals surface area contributed by atoms with E-state index in [1.807, 2.05) is 24.3 Å². The molecule has 0 unspecified atom stereocenters. The fourth-order valence-electron chi connectivity index (χ4n) is 4.86. The SMILES string of the molecule is Nc1ncnc2c1c(-c1cccc(CCS(N)(=O)=O)c1)cn2C1CC(CN2CC(F)C2)C1. The van der Waals surface area contributed by atoms with Crippen LogP contribution in [0.1, 0.15) is 24.4 Å². The van der Waals surface area contributed by atoms with E-state index in [4.69, 9.17) is 10.9 Å². The fraction of sp³-hybridized carbons (Fsp3) is 0.455. The minimum atomic E-state index is -3.53. The Morgan fingerprint density at radius 2 is 1.97 bits per heavy atom. The summed E-state index contributed by atoms with van der Waals surface area (Å²) in [6.07, 6.45) is 5.29. The summed E-state index contributed by atoms with van der Waals surface area (Å²) < 4.78 is 38.0. The van der Waals surface area contributed by atoms with Crippen LogP contribution in [0, 0.1) is 5.92 Å². The van der Waals surface area contributed by atoms with Crippen LogP contribution in [0.2, 0.25) is 0 Å². The van der Waals surface area contributed by atoms with Gasteiger partial charge in [0.2, 0.25) is 10.0 Å². The zero-order valence-electron chi connectivity index (χ0n) is 17.7. The van der Waals surface area contributed by atoms with Crippen LogP contribution in [-0.4, -0.2) is 59.4 Å². The molecule has 8 nitrogen and oxygen atoms in total. The van der Waals surface area contributed by atoms with Gasteiger partial charge in [-0.2, -0.15) is 0 Å². The van der Waals surface area contributed by atoms with Crippen molar-refractivity contribution in [3.8, 4) is 11.1 Å². The van der Waals surface area contributed by atoms with Gasteiger partial charge < -0.3 is 10.3 Å². The summed E-state index contributed by atoms with van der Waals surface area (Å²) in [6, 6.07) is 8.06. The van der Waals surface area contributed by atoms with E-state index < -0.39 is 16.2 Å². The number of halogens is 1. The number of rotatable bonds is 7. The van der Waals surface area contributed by atoms with E-state index >= 15 is 0 Å². The summed E-state index contributed by atoms with van der Waals surface area (Å²) in [4.78, 5) is 10.9. The van der Waals surface area contributed by atoms with Crippen molar-refractivity contribution in [2.45, 2.75) is 31.5 Å². The second kappa shape index (κ2) is 8.09. The molecule has 3 aromatic rings. The molecule has 4 N–H and O–H groups in total. The summed E-state index contributed by atoms with van der Waals surface area (Å²) >= 11 is 0. The third-order valence-corrected chi connectivity index (χ3v) is 7.36. The molecule has 10 heteroatoms. The van der Waals surface area contributed by atoms with E-state index in [9.17, 15) is 12.8 Å². The van der Waals surface area contributed by atoms with Crippen LogP contribution in [-0.2, 0) is 16.4 Å². The quantitative estimate of drug-likeness (QED) is 0.560. The van der Waals surface area contributed by atoms with Crippen molar-refractivity contribution in [2.75, 3.05) is 31.1 Å². The fourth-order valence-corrected chi connectivity index (χ4v) is 5.38. The number of primary sulfonamides is 1. The van der Waals surface area contributed by atoms with Crippen LogP contribution < -0.4 is 10.9 Å². The molecule has 0 bridgehead atoms. The topological polar surface area (TPSA) is 120 Å². The number of nitrogens with two attached hydrogens (primary N) is 2. The predicted octanol–water partition coefficient (Wildman–Crippen LogP) is 2.12. The minimum absolute atomic E-state index is 0.104. The number of benzene rings is 1. The van der Waals surface area contributed by atoms with Gasteiger partial charge in [-0.3, -0.25) is 4.90 Å². The average Bonchev–Trinajstić information content (AvgIpc) is 3.07. The van der Waals surface area contributed by atoms with Crippen LogP contribution in [0.4, 0.5) is 10.2 Å². The molecule has 0 radical (unpaired) electrons. The molecular formula is C22H27FN6O2S. The molecule has 1 aliphatic carbocycles. The Balaban J connectivity index is 1.41. The smallest absolute Gasteiger partial charge is 0.209 e. The van der Waals surface area contributed by atoms with Gasteiger partial charge in [0.15, 0.2) is 0 Å². The van der Waals surface area contributed by atoms with Crippen LogP contribution >= 0.6 is 0 Å². The number of aryl methyl sites for hydroxylation is 1. The maximum atomic E-state index is 13.1. The Labute approximate surface area is 186 Å². The minimum Gasteiger partial charge on any atom is -0.383 e. The molecule has 1 saturated carbocycles. The first-order valence-electron chi connectivity index (χ1n) is 10.8. The monoisotopic (exact) mass is 458 g/mol. The third kappa shape index (κ3) is 4.22. The highest BCUT2D eigenvalue weighted by Crippen LogP contribution is 2.43. The molecule has 1 aliphatic heterocycles. The number of likely N-dealkylation sites (tertiary alicyclic amines) is 1. The molecule has 2 fully saturated rings. The van der Waals surface area contributed by atoms with Crippen LogP contribution in [0.5, 0.6) is 0 Å². The Hall–Kier alpha value is -2.56. The molecule has 0 spiro atoms. The second-order valence-electron chi connectivity index (χ2n) is 9.03. The van der Waals surface area contributed by atoms with E-state index in [2.05, 4.69) is 25.6 Å². The number of hydrogen-bond acceptors (Lipinski definition) is 6. The molecule has 2 aromatic heterocycles. The number of nitrogens with zero attached hydrogens (tertiary/aromatic N) is 4. The van der Waals surface area contributed by atoms with Gasteiger partial charge in [0, 0.05) is 37.4 Å². The first kappa shape index (κ1) is 21.3. The summed E-state index contributed by atoms with van der Waals surface area (Å²) in [5, 5.41) is 5.97. The highest BCUT2D eigenvalue weighted by molar-refractivity contribution is 7.89. The Morgan fingerprint density at radius 1 is 1.19 bits per heavy atom. The van der Waals surface area contributed by atoms with Crippen molar-refractivity contribution in [3.05, 3.63) is 42.4 Å². The Kier molecular flexibility index (Phi) is 5.39. The number of alkyl halides is 1. The third-order valence-electron chi connectivity index (χ3n) is 6.59. The maximum Gasteiger partial charge on any atom is 0.209 e. The number of sulfonamides is 1. The van der Waals surface area contributed by atoms with Crippen LogP contribution in [0.3, 0.4) is 0 Å². The summed E-state index contributed by atoms with van der Waals surface area (Å²) in [5.41, 5.74) is 9.81. The molecule has 32 heavy (non-hydrogen) atoms. The van der Waals surface area contributed by atoms with Gasteiger partial charge in [0.25, 0.3) is 0 Å². The maximum absolute atomic E-state index is 13.1. The molecule has 5 rings (SSSR count). The van der Waals surface area contributed by atoms with Crippen molar-refractivity contribution in [1.82, 2.24) is 19.4 Å². The van der Waals surface area contributed by atoms with Gasteiger partial charge >= 0.3 is 0 Å². The average molecular weight is 459 g/mol. The first-order valence-corrected chi connectivity index (χ1v) is 12.6. The first-order chi connectivity index (χ1) is 15.3. The summed E-state index contributed by atoms with van der Waals surface area (Å²) in [5.74, 6) is 0.880. The van der Waals surface area contributed by atoms with E-state index in [0.717, 1.165) is 47.1 Å². The lowest BCUT2D eigenvalue weighted by molar-refractivity contribution is 0.0282. The van der Waals surface area contributed by atoms with Crippen molar-refractivity contribution < 1.29 is 12.8 Å². The molecule has 3 heterocycles. The lowest BCUT2D eigenvalue weighted by atomic mass is 9.79. The summed E-state index contributed by atoms with van der Waals surface area (Å²) in [6.45, 7) is 2.07. The Bertz CT molecular complexity index is 1250. The number of aromatic nitrogens is 3. The van der Waals surface area contributed by atoms with E-state index in [1.54, 1.807) is 0 Å². The van der Waals surface area contributed by atoms with E-state index in [0.29, 0.717) is 37.3 Å². The van der Waals surface area contributed by atoms with E-state index in [-0.39, 0.29) is 5.75 Å². The zero-order valence-corrected chi connectivity index (χ0v) is 18.5. The predicted molar refractivity (Wildman–Crippen MR) is 122 cm³/mol. The van der Waals surface area contributed by atoms with Crippen molar-refractivity contribution in [2.24, 2.45) is 11.1 Å². The standard InChI is InChI=1S/C22H27FN6O2S/c23-17-10-28(11-17)9-15-7-18(8-15)29-12-19(20-21(24)26-13-27-22(20)29)16-3-1-2-14(6-16)4-5-32(25,30)31/h1-3,6,12-13,15,17-18H,4-5,7-11H2,(H2,24,26,27)(H2,25,30,31). The number of anilines is 1. The van der Waals surface area contributed by atoms with Gasteiger partial charge in [0.05, 0.1) is 11.1 Å². The second-order valence-corrected chi connectivity index (χ2v) is 10.8. The normalized spacial score (nSPS) is 22.1. The van der Waals surface area contributed by atoms with Crippen molar-refractivity contribution >= 4 is 26.9 Å². The van der Waals surface area contributed by atoms with Gasteiger partial charge in [-0.25, -0.2) is 27.9 Å². The van der Waals surface area contributed by atoms with Crippen molar-refractivity contribution in [3.63, 3.8) is 0 Å². The zero-order chi connectivity index (χ0) is 22.5. The summed E-state index contributed by atoms with van der Waals surface area (Å²) in [7, 11) is -3.53. The molecule has 0 atom stereocenters. The van der Waals surface area contributed by atoms with Gasteiger partial charge in [-0.05, 0) is 36.3 Å². The number of nitrogen functional groups attached to an aromatic ring is 1. The van der Waals surface area contributed by atoms with Gasteiger partial charge in [0.1, 0.15) is 24.0 Å². The number of hydrogen-bond donors (Lipinski definition) is 2. The van der Waals surface area contributed by atoms with Crippen LogP contribution in [0.25, 0.3) is 22.2 Å².